The Balaban J connectivity index is 1.83. The van der Waals surface area contributed by atoms with Crippen molar-refractivity contribution >= 4 is 5.91 Å². The zero-order chi connectivity index (χ0) is 26.5. The lowest BCUT2D eigenvalue weighted by Crippen LogP contribution is -2.54. The Hall–Kier alpha value is -2.39. The number of hydrogen-bond acceptors (Lipinski definition) is 5. The molecule has 36 heavy (non-hydrogen) atoms. The van der Waals surface area contributed by atoms with E-state index in [9.17, 15) is 23.9 Å². The molecular weight excluding hydrogens is 464 g/mol. The van der Waals surface area contributed by atoms with Crippen molar-refractivity contribution in [3.63, 3.8) is 0 Å². The van der Waals surface area contributed by atoms with Gasteiger partial charge in [0.15, 0.2) is 0 Å². The van der Waals surface area contributed by atoms with Crippen molar-refractivity contribution in [1.82, 2.24) is 16.1 Å². The fraction of sp³-hybridized carbons (Fsp3) is 0.536. The minimum absolute atomic E-state index is 0.00523. The molecule has 2 aromatic carbocycles. The number of aliphatic hydroxyl groups excluding tert-OH is 1. The fourth-order valence-corrected chi connectivity index (χ4v) is 5.06. The molecule has 0 spiro atoms. The molecule has 0 radical (unpaired) electrons. The first-order valence-corrected chi connectivity index (χ1v) is 12.6. The molecule has 1 saturated carbocycles. The predicted molar refractivity (Wildman–Crippen MR) is 136 cm³/mol. The second kappa shape index (κ2) is 11.8. The van der Waals surface area contributed by atoms with E-state index in [1.165, 1.54) is 24.6 Å². The number of amides is 1. The number of rotatable bonds is 9. The van der Waals surface area contributed by atoms with Crippen molar-refractivity contribution in [2.45, 2.75) is 88.9 Å². The maximum Gasteiger partial charge on any atom is 0.217 e. The topological polar surface area (TPSA) is 93.6 Å². The second-order valence-corrected chi connectivity index (χ2v) is 11.1. The number of carbonyl (C=O) groups excluding carboxylic acids is 1. The number of benzene rings is 2. The third kappa shape index (κ3) is 7.32. The Morgan fingerprint density at radius 3 is 2.31 bits per heavy atom. The van der Waals surface area contributed by atoms with Crippen molar-refractivity contribution in [2.24, 2.45) is 0 Å². The molecule has 0 aliphatic heterocycles. The SMILES string of the molecule is CC(=O)N[C@@H](Cc1cc(F)cc(F)c1)[C@@H](O)CNC1(c2cccc(C(C)(C)C)c2)CCC(NO)CC1. The lowest BCUT2D eigenvalue weighted by molar-refractivity contribution is -0.120. The summed E-state index contributed by atoms with van der Waals surface area (Å²) < 4.78 is 27.4. The maximum absolute atomic E-state index is 13.7. The predicted octanol–water partition coefficient (Wildman–Crippen LogP) is 4.08. The molecular formula is C28H39F2N3O3. The molecule has 0 bridgehead atoms. The van der Waals surface area contributed by atoms with Gasteiger partial charge in [0, 0.05) is 31.1 Å². The van der Waals surface area contributed by atoms with Crippen LogP contribution in [-0.2, 0) is 22.2 Å². The highest BCUT2D eigenvalue weighted by Crippen LogP contribution is 2.39. The molecule has 1 fully saturated rings. The van der Waals surface area contributed by atoms with Crippen molar-refractivity contribution in [3.05, 3.63) is 70.8 Å². The van der Waals surface area contributed by atoms with Crippen LogP contribution in [-0.4, -0.2) is 41.0 Å². The van der Waals surface area contributed by atoms with E-state index in [1.807, 2.05) is 6.07 Å². The fourth-order valence-electron chi connectivity index (χ4n) is 5.06. The van der Waals surface area contributed by atoms with Crippen LogP contribution in [0.1, 0.15) is 70.1 Å². The highest BCUT2D eigenvalue weighted by Gasteiger charge is 2.38. The molecule has 5 N–H and O–H groups in total. The van der Waals surface area contributed by atoms with Crippen LogP contribution in [0, 0.1) is 11.6 Å². The van der Waals surface area contributed by atoms with Crippen molar-refractivity contribution < 1.29 is 23.9 Å². The van der Waals surface area contributed by atoms with Crippen LogP contribution < -0.4 is 16.1 Å². The quantitative estimate of drug-likeness (QED) is 0.333. The minimum atomic E-state index is -1.00. The Kier molecular flexibility index (Phi) is 9.22. The molecule has 2 atom stereocenters. The van der Waals surface area contributed by atoms with Gasteiger partial charge in [0.2, 0.25) is 5.91 Å². The first-order chi connectivity index (χ1) is 16.9. The normalized spacial score (nSPS) is 22.2. The molecule has 0 aromatic heterocycles. The van der Waals surface area contributed by atoms with E-state index in [4.69, 9.17) is 0 Å². The summed E-state index contributed by atoms with van der Waals surface area (Å²) >= 11 is 0. The highest BCUT2D eigenvalue weighted by molar-refractivity contribution is 5.73. The van der Waals surface area contributed by atoms with E-state index < -0.39 is 29.3 Å². The Bertz CT molecular complexity index is 1010. The summed E-state index contributed by atoms with van der Waals surface area (Å²) in [5.74, 6) is -1.74. The van der Waals surface area contributed by atoms with Crippen LogP contribution in [0.15, 0.2) is 42.5 Å². The van der Waals surface area contributed by atoms with E-state index in [2.05, 4.69) is 55.1 Å². The molecule has 3 rings (SSSR count). The highest BCUT2D eigenvalue weighted by atomic mass is 19.1. The molecule has 0 saturated heterocycles. The van der Waals surface area contributed by atoms with Gasteiger partial charge in [-0.3, -0.25) is 4.79 Å². The summed E-state index contributed by atoms with van der Waals surface area (Å²) in [7, 11) is 0. The lowest BCUT2D eigenvalue weighted by atomic mass is 9.73. The van der Waals surface area contributed by atoms with Crippen molar-refractivity contribution in [3.8, 4) is 0 Å². The third-order valence-corrected chi connectivity index (χ3v) is 7.18. The van der Waals surface area contributed by atoms with Crippen molar-refractivity contribution in [2.75, 3.05) is 6.54 Å². The number of carbonyl (C=O) groups is 1. The van der Waals surface area contributed by atoms with Crippen LogP contribution in [0.5, 0.6) is 0 Å². The number of hydroxylamine groups is 1. The molecule has 1 aliphatic rings. The summed E-state index contributed by atoms with van der Waals surface area (Å²) in [5, 5.41) is 26.9. The number of hydrogen-bond donors (Lipinski definition) is 5. The largest absolute Gasteiger partial charge is 0.390 e. The number of aliphatic hydroxyl groups is 1. The molecule has 0 unspecified atom stereocenters. The molecule has 1 amide bonds. The molecule has 2 aromatic rings. The smallest absolute Gasteiger partial charge is 0.217 e. The van der Waals surface area contributed by atoms with E-state index >= 15 is 0 Å². The van der Waals surface area contributed by atoms with Gasteiger partial charge in [0.1, 0.15) is 11.6 Å². The van der Waals surface area contributed by atoms with Crippen LogP contribution in [0.4, 0.5) is 8.78 Å². The Morgan fingerprint density at radius 1 is 1.11 bits per heavy atom. The van der Waals surface area contributed by atoms with Gasteiger partial charge in [-0.25, -0.2) is 14.3 Å². The first kappa shape index (κ1) is 28.2. The molecule has 1 aliphatic carbocycles. The van der Waals surface area contributed by atoms with Gasteiger partial charge in [0.25, 0.3) is 0 Å². The van der Waals surface area contributed by atoms with E-state index in [-0.39, 0.29) is 30.3 Å². The average Bonchev–Trinajstić information content (AvgIpc) is 2.81. The van der Waals surface area contributed by atoms with Gasteiger partial charge < -0.3 is 20.9 Å². The lowest BCUT2D eigenvalue weighted by Gasteiger charge is -2.42. The second-order valence-electron chi connectivity index (χ2n) is 11.1. The van der Waals surface area contributed by atoms with Crippen molar-refractivity contribution in [1.29, 1.82) is 0 Å². The zero-order valence-corrected chi connectivity index (χ0v) is 21.6. The van der Waals surface area contributed by atoms with Gasteiger partial charge >= 0.3 is 0 Å². The average molecular weight is 504 g/mol. The van der Waals surface area contributed by atoms with Gasteiger partial charge in [-0.05, 0) is 66.3 Å². The van der Waals surface area contributed by atoms with E-state index in [0.717, 1.165) is 37.3 Å². The standard InChI is InChI=1S/C28H39F2N3O3/c1-18(34)32-25(14-19-12-22(29)16-23(30)13-19)26(35)17-31-28(10-8-24(33-36)9-11-28)21-7-5-6-20(15-21)27(2,3)4/h5-7,12-13,15-16,24-26,31,33,35-36H,8-11,14,17H2,1-4H3,(H,32,34)/t24?,25-,26-,28?/m0/s1. The minimum Gasteiger partial charge on any atom is -0.390 e. The Labute approximate surface area is 212 Å². The molecule has 0 heterocycles. The number of nitrogens with one attached hydrogen (secondary N) is 3. The van der Waals surface area contributed by atoms with Crippen LogP contribution in [0.25, 0.3) is 0 Å². The molecule has 6 nitrogen and oxygen atoms in total. The summed E-state index contributed by atoms with van der Waals surface area (Å²) in [5.41, 5.74) is 4.59. The van der Waals surface area contributed by atoms with Gasteiger partial charge in [-0.1, -0.05) is 45.0 Å². The molecule has 8 heteroatoms. The first-order valence-electron chi connectivity index (χ1n) is 12.6. The molecule has 198 valence electrons. The van der Waals surface area contributed by atoms with Gasteiger partial charge in [-0.2, -0.15) is 0 Å². The number of halogens is 2. The summed E-state index contributed by atoms with van der Waals surface area (Å²) in [4.78, 5) is 11.9. The third-order valence-electron chi connectivity index (χ3n) is 7.18. The van der Waals surface area contributed by atoms with E-state index in [0.29, 0.717) is 5.56 Å². The summed E-state index contributed by atoms with van der Waals surface area (Å²) in [6.45, 7) is 8.00. The summed E-state index contributed by atoms with van der Waals surface area (Å²) in [6, 6.07) is 10.9. The van der Waals surface area contributed by atoms with Gasteiger partial charge in [-0.15, -0.1) is 0 Å². The van der Waals surface area contributed by atoms with Crippen LogP contribution in [0.2, 0.25) is 0 Å². The van der Waals surface area contributed by atoms with Gasteiger partial charge in [0.05, 0.1) is 12.1 Å². The van der Waals surface area contributed by atoms with Crippen LogP contribution in [0.3, 0.4) is 0 Å². The maximum atomic E-state index is 13.7. The zero-order valence-electron chi connectivity index (χ0n) is 21.6. The summed E-state index contributed by atoms with van der Waals surface area (Å²) in [6.07, 6.45) is 2.06. The van der Waals surface area contributed by atoms with E-state index in [1.54, 1.807) is 0 Å². The van der Waals surface area contributed by atoms with Crippen LogP contribution >= 0.6 is 0 Å². The monoisotopic (exact) mass is 503 g/mol. The Morgan fingerprint density at radius 2 is 1.75 bits per heavy atom.